The molecule has 2 rings (SSSR count). The van der Waals surface area contributed by atoms with Crippen molar-refractivity contribution in [1.29, 1.82) is 0 Å². The molecule has 0 aliphatic heterocycles. The fourth-order valence-electron chi connectivity index (χ4n) is 1.89. The summed E-state index contributed by atoms with van der Waals surface area (Å²) < 4.78 is 37.4. The van der Waals surface area contributed by atoms with Gasteiger partial charge in [-0.3, -0.25) is 0 Å². The van der Waals surface area contributed by atoms with Crippen LogP contribution in [0.5, 0.6) is 0 Å². The Kier molecular flexibility index (Phi) is 3.51. The number of hydrogen-bond acceptors (Lipinski definition) is 5. The number of rotatable bonds is 4. The highest BCUT2D eigenvalue weighted by Gasteiger charge is 2.27. The first kappa shape index (κ1) is 13.8. The third kappa shape index (κ3) is 2.71. The van der Waals surface area contributed by atoms with Crippen LogP contribution in [0.3, 0.4) is 0 Å². The molecule has 0 aromatic carbocycles. The van der Waals surface area contributed by atoms with E-state index in [1.807, 2.05) is 0 Å². The van der Waals surface area contributed by atoms with Crippen LogP contribution in [0.4, 0.5) is 0 Å². The molecular weight excluding hydrogens is 268 g/mol. The lowest BCUT2D eigenvalue weighted by molar-refractivity contribution is 0.390. The minimum Gasteiger partial charge on any atom is -0.465 e. The van der Waals surface area contributed by atoms with E-state index in [9.17, 15) is 8.42 Å². The summed E-state index contributed by atoms with van der Waals surface area (Å²) in [7, 11) is -3.68. The molecular formula is C12H16N2O4S. The number of sulfonamides is 1. The van der Waals surface area contributed by atoms with E-state index in [2.05, 4.69) is 9.88 Å². The van der Waals surface area contributed by atoms with Gasteiger partial charge in [0.05, 0.1) is 6.04 Å². The molecule has 0 radical (unpaired) electrons. The maximum atomic E-state index is 12.3. The van der Waals surface area contributed by atoms with E-state index in [1.165, 1.54) is 0 Å². The molecule has 0 unspecified atom stereocenters. The lowest BCUT2D eigenvalue weighted by atomic mass is 10.3. The Labute approximate surface area is 111 Å². The normalized spacial score (nSPS) is 13.7. The summed E-state index contributed by atoms with van der Waals surface area (Å²) in [4.78, 5) is 0.0858. The summed E-state index contributed by atoms with van der Waals surface area (Å²) in [6, 6.07) is 3.07. The van der Waals surface area contributed by atoms with Gasteiger partial charge in [0.15, 0.2) is 5.76 Å². The van der Waals surface area contributed by atoms with Gasteiger partial charge in [-0.05, 0) is 39.8 Å². The standard InChI is InChI=1S/C12H16N2O4S/c1-7-5-6-11(17-7)8(2)14-19(15,16)12-9(3)13-18-10(12)4/h5-6,8,14H,1-4H3/t8-/m0/s1. The number of aromatic nitrogens is 1. The predicted molar refractivity (Wildman–Crippen MR) is 68.2 cm³/mol. The number of nitrogens with one attached hydrogen (secondary N) is 1. The van der Waals surface area contributed by atoms with E-state index in [0.717, 1.165) is 5.76 Å². The zero-order valence-corrected chi connectivity index (χ0v) is 12.0. The van der Waals surface area contributed by atoms with Gasteiger partial charge >= 0.3 is 0 Å². The molecule has 0 saturated carbocycles. The van der Waals surface area contributed by atoms with E-state index in [4.69, 9.17) is 8.94 Å². The average molecular weight is 284 g/mol. The summed E-state index contributed by atoms with van der Waals surface area (Å²) in [5, 5.41) is 3.65. The van der Waals surface area contributed by atoms with Crippen molar-refractivity contribution in [2.24, 2.45) is 0 Å². The highest BCUT2D eigenvalue weighted by molar-refractivity contribution is 7.89. The minimum absolute atomic E-state index is 0.0858. The van der Waals surface area contributed by atoms with Crippen molar-refractivity contribution >= 4 is 10.0 Å². The quantitative estimate of drug-likeness (QED) is 0.930. The lowest BCUT2D eigenvalue weighted by Gasteiger charge is -2.11. The van der Waals surface area contributed by atoms with Crippen LogP contribution in [0.15, 0.2) is 26.0 Å². The van der Waals surface area contributed by atoms with Gasteiger partial charge in [0.25, 0.3) is 0 Å². The molecule has 0 bridgehead atoms. The van der Waals surface area contributed by atoms with Gasteiger partial charge in [-0.2, -0.15) is 0 Å². The largest absolute Gasteiger partial charge is 0.465 e. The van der Waals surface area contributed by atoms with Crippen LogP contribution in [-0.4, -0.2) is 13.6 Å². The van der Waals surface area contributed by atoms with Crippen LogP contribution in [0.1, 0.15) is 35.9 Å². The van der Waals surface area contributed by atoms with Crippen molar-refractivity contribution in [2.45, 2.75) is 38.6 Å². The van der Waals surface area contributed by atoms with Gasteiger partial charge in [0, 0.05) is 0 Å². The van der Waals surface area contributed by atoms with E-state index >= 15 is 0 Å². The molecule has 1 atom stereocenters. The van der Waals surface area contributed by atoms with Crippen molar-refractivity contribution < 1.29 is 17.4 Å². The minimum atomic E-state index is -3.68. The molecule has 0 aliphatic rings. The van der Waals surface area contributed by atoms with Crippen molar-refractivity contribution in [3.05, 3.63) is 35.1 Å². The summed E-state index contributed by atoms with van der Waals surface area (Å²) >= 11 is 0. The van der Waals surface area contributed by atoms with Gasteiger partial charge < -0.3 is 8.94 Å². The van der Waals surface area contributed by atoms with Gasteiger partial charge in [0.1, 0.15) is 22.1 Å². The van der Waals surface area contributed by atoms with Crippen molar-refractivity contribution in [2.75, 3.05) is 0 Å². The Morgan fingerprint density at radius 3 is 2.42 bits per heavy atom. The number of aryl methyl sites for hydroxylation is 3. The maximum absolute atomic E-state index is 12.3. The first-order valence-electron chi connectivity index (χ1n) is 5.83. The lowest BCUT2D eigenvalue weighted by Crippen LogP contribution is -2.27. The average Bonchev–Trinajstić information content (AvgIpc) is 2.85. The molecule has 19 heavy (non-hydrogen) atoms. The monoisotopic (exact) mass is 284 g/mol. The second-order valence-corrected chi connectivity index (χ2v) is 6.10. The smallest absolute Gasteiger partial charge is 0.246 e. The van der Waals surface area contributed by atoms with E-state index in [1.54, 1.807) is 39.8 Å². The molecule has 0 aliphatic carbocycles. The first-order chi connectivity index (χ1) is 8.81. The predicted octanol–water partition coefficient (Wildman–Crippen LogP) is 2.23. The molecule has 1 N–H and O–H groups in total. The summed E-state index contributed by atoms with van der Waals surface area (Å²) in [5.74, 6) is 1.57. The van der Waals surface area contributed by atoms with Gasteiger partial charge in [-0.25, -0.2) is 13.1 Å². The third-order valence-corrected chi connectivity index (χ3v) is 4.54. The molecule has 7 heteroatoms. The SMILES string of the molecule is Cc1ccc([C@H](C)NS(=O)(=O)c2c(C)noc2C)o1. The van der Waals surface area contributed by atoms with E-state index in [0.29, 0.717) is 11.5 Å². The Bertz CT molecular complexity index is 665. The molecule has 2 heterocycles. The zero-order chi connectivity index (χ0) is 14.2. The molecule has 0 spiro atoms. The molecule has 0 fully saturated rings. The third-order valence-electron chi connectivity index (χ3n) is 2.76. The van der Waals surface area contributed by atoms with Crippen LogP contribution in [0.2, 0.25) is 0 Å². The fraction of sp³-hybridized carbons (Fsp3) is 0.417. The van der Waals surface area contributed by atoms with Gasteiger partial charge in [-0.15, -0.1) is 0 Å². The Morgan fingerprint density at radius 1 is 1.26 bits per heavy atom. The second-order valence-electron chi connectivity index (χ2n) is 4.44. The fourth-order valence-corrected chi connectivity index (χ4v) is 3.44. The highest BCUT2D eigenvalue weighted by atomic mass is 32.2. The van der Waals surface area contributed by atoms with Crippen molar-refractivity contribution in [3.63, 3.8) is 0 Å². The highest BCUT2D eigenvalue weighted by Crippen LogP contribution is 2.22. The summed E-state index contributed by atoms with van der Waals surface area (Å²) in [6.07, 6.45) is 0. The molecule has 0 amide bonds. The molecule has 0 saturated heterocycles. The molecule has 2 aromatic rings. The van der Waals surface area contributed by atoms with E-state index in [-0.39, 0.29) is 10.7 Å². The number of furan rings is 1. The Morgan fingerprint density at radius 2 is 1.95 bits per heavy atom. The number of nitrogens with zero attached hydrogens (tertiary/aromatic N) is 1. The van der Waals surface area contributed by atoms with Crippen molar-refractivity contribution in [1.82, 2.24) is 9.88 Å². The van der Waals surface area contributed by atoms with Gasteiger partial charge in [0.2, 0.25) is 10.0 Å². The van der Waals surface area contributed by atoms with Crippen LogP contribution in [-0.2, 0) is 10.0 Å². The summed E-state index contributed by atoms with van der Waals surface area (Å²) in [6.45, 7) is 6.68. The zero-order valence-electron chi connectivity index (χ0n) is 11.2. The molecule has 104 valence electrons. The van der Waals surface area contributed by atoms with Crippen LogP contribution >= 0.6 is 0 Å². The topological polar surface area (TPSA) is 85.3 Å². The Balaban J connectivity index is 2.27. The van der Waals surface area contributed by atoms with Gasteiger partial charge in [-0.1, -0.05) is 5.16 Å². The first-order valence-corrected chi connectivity index (χ1v) is 7.31. The number of hydrogen-bond donors (Lipinski definition) is 1. The second kappa shape index (κ2) is 4.82. The van der Waals surface area contributed by atoms with E-state index < -0.39 is 16.1 Å². The summed E-state index contributed by atoms with van der Waals surface area (Å²) in [5.41, 5.74) is 0.341. The van der Waals surface area contributed by atoms with Crippen molar-refractivity contribution in [3.8, 4) is 0 Å². The molecule has 6 nitrogen and oxygen atoms in total. The van der Waals surface area contributed by atoms with Crippen LogP contribution in [0.25, 0.3) is 0 Å². The van der Waals surface area contributed by atoms with Crippen LogP contribution in [0, 0.1) is 20.8 Å². The van der Waals surface area contributed by atoms with Crippen LogP contribution < -0.4 is 4.72 Å². The molecule has 2 aromatic heterocycles. The maximum Gasteiger partial charge on any atom is 0.246 e. The Hall–Kier alpha value is -1.60.